The van der Waals surface area contributed by atoms with Gasteiger partial charge < -0.3 is 9.63 Å². The highest BCUT2D eigenvalue weighted by atomic mass is 16.5. The third-order valence-electron chi connectivity index (χ3n) is 2.53. The molecule has 0 aromatic carbocycles. The molecule has 0 amide bonds. The number of nitrogens with zero attached hydrogens (tertiary/aromatic N) is 1. The first kappa shape index (κ1) is 8.93. The summed E-state index contributed by atoms with van der Waals surface area (Å²) in [6.07, 6.45) is 0.0443. The van der Waals surface area contributed by atoms with Crippen molar-refractivity contribution in [2.45, 2.75) is 25.2 Å². The monoisotopic (exact) mass is 195 g/mol. The topological polar surface area (TPSA) is 80.4 Å². The molecule has 1 N–H and O–H groups in total. The molecule has 5 nitrogen and oxygen atoms in total. The Balaban J connectivity index is 2.38. The van der Waals surface area contributed by atoms with Gasteiger partial charge in [-0.1, -0.05) is 5.16 Å². The van der Waals surface area contributed by atoms with Crippen LogP contribution in [0.25, 0.3) is 0 Å². The molecular weight excluding hydrogens is 186 g/mol. The van der Waals surface area contributed by atoms with Crippen molar-refractivity contribution in [1.29, 1.82) is 0 Å². The van der Waals surface area contributed by atoms with Crippen molar-refractivity contribution in [3.63, 3.8) is 0 Å². The van der Waals surface area contributed by atoms with Gasteiger partial charge in [-0.15, -0.1) is 0 Å². The van der Waals surface area contributed by atoms with Crippen LogP contribution in [0.15, 0.2) is 10.6 Å². The van der Waals surface area contributed by atoms with Crippen LogP contribution in [-0.4, -0.2) is 22.0 Å². The first-order valence-corrected chi connectivity index (χ1v) is 4.23. The second-order valence-electron chi connectivity index (χ2n) is 3.60. The highest BCUT2D eigenvalue weighted by Gasteiger charge is 2.53. The van der Waals surface area contributed by atoms with Crippen LogP contribution in [-0.2, 0) is 15.0 Å². The Kier molecular flexibility index (Phi) is 1.70. The summed E-state index contributed by atoms with van der Waals surface area (Å²) < 4.78 is 4.81. The van der Waals surface area contributed by atoms with Crippen LogP contribution >= 0.6 is 0 Å². The molecule has 1 fully saturated rings. The van der Waals surface area contributed by atoms with Crippen LogP contribution in [0, 0.1) is 6.92 Å². The minimum atomic E-state index is -1.13. The average molecular weight is 195 g/mol. The summed E-state index contributed by atoms with van der Waals surface area (Å²) in [7, 11) is 0. The Hall–Kier alpha value is -1.65. The SMILES string of the molecule is Cc1cc(C2(C(=O)O)CC(=O)C2)no1. The Labute approximate surface area is 79.7 Å². The van der Waals surface area contributed by atoms with Gasteiger partial charge >= 0.3 is 5.97 Å². The van der Waals surface area contributed by atoms with E-state index in [-0.39, 0.29) is 18.6 Å². The lowest BCUT2D eigenvalue weighted by Crippen LogP contribution is -2.48. The Morgan fingerprint density at radius 3 is 2.64 bits per heavy atom. The molecule has 1 aliphatic rings. The summed E-state index contributed by atoms with van der Waals surface area (Å²) in [6.45, 7) is 1.69. The molecule has 5 heteroatoms. The van der Waals surface area contributed by atoms with E-state index in [1.807, 2.05) is 0 Å². The molecule has 0 atom stereocenters. The minimum Gasteiger partial charge on any atom is -0.481 e. The third kappa shape index (κ3) is 1.05. The van der Waals surface area contributed by atoms with Crippen LogP contribution in [0.3, 0.4) is 0 Å². The first-order chi connectivity index (χ1) is 6.54. The van der Waals surface area contributed by atoms with Gasteiger partial charge in [0.1, 0.15) is 22.7 Å². The number of hydrogen-bond acceptors (Lipinski definition) is 4. The number of aryl methyl sites for hydroxylation is 1. The summed E-state index contributed by atoms with van der Waals surface area (Å²) in [5.74, 6) is -0.501. The van der Waals surface area contributed by atoms with Gasteiger partial charge in [-0.3, -0.25) is 9.59 Å². The van der Waals surface area contributed by atoms with Crippen molar-refractivity contribution in [1.82, 2.24) is 5.16 Å². The zero-order chi connectivity index (χ0) is 10.3. The van der Waals surface area contributed by atoms with Crippen molar-refractivity contribution in [3.8, 4) is 0 Å². The van der Waals surface area contributed by atoms with Crippen molar-refractivity contribution in [2.24, 2.45) is 0 Å². The molecule has 1 saturated carbocycles. The maximum absolute atomic E-state index is 11.0. The molecule has 0 spiro atoms. The van der Waals surface area contributed by atoms with E-state index in [9.17, 15) is 9.59 Å². The van der Waals surface area contributed by atoms with E-state index in [2.05, 4.69) is 5.16 Å². The Morgan fingerprint density at radius 2 is 2.29 bits per heavy atom. The first-order valence-electron chi connectivity index (χ1n) is 4.23. The van der Waals surface area contributed by atoms with Gasteiger partial charge in [-0.2, -0.15) is 0 Å². The summed E-state index contributed by atoms with van der Waals surface area (Å²) in [6, 6.07) is 1.57. The highest BCUT2D eigenvalue weighted by Crippen LogP contribution is 2.41. The number of aliphatic carboxylic acids is 1. The molecule has 0 bridgehead atoms. The van der Waals surface area contributed by atoms with Crippen molar-refractivity contribution < 1.29 is 19.2 Å². The molecule has 0 unspecified atom stereocenters. The van der Waals surface area contributed by atoms with Gasteiger partial charge in [0, 0.05) is 18.9 Å². The Bertz CT molecular complexity index is 399. The summed E-state index contributed by atoms with van der Waals surface area (Å²) >= 11 is 0. The van der Waals surface area contributed by atoms with Crippen LogP contribution in [0.4, 0.5) is 0 Å². The molecule has 1 heterocycles. The quantitative estimate of drug-likeness (QED) is 0.750. The number of carboxylic acids is 1. The molecule has 1 aromatic rings. The number of hydrogen-bond donors (Lipinski definition) is 1. The van der Waals surface area contributed by atoms with E-state index in [4.69, 9.17) is 9.63 Å². The predicted molar refractivity (Wildman–Crippen MR) is 44.8 cm³/mol. The zero-order valence-electron chi connectivity index (χ0n) is 7.61. The van der Waals surface area contributed by atoms with Crippen LogP contribution in [0.5, 0.6) is 0 Å². The van der Waals surface area contributed by atoms with Crippen LogP contribution < -0.4 is 0 Å². The van der Waals surface area contributed by atoms with Gasteiger partial charge in [-0.25, -0.2) is 0 Å². The van der Waals surface area contributed by atoms with Crippen molar-refractivity contribution in [3.05, 3.63) is 17.5 Å². The van der Waals surface area contributed by atoms with Gasteiger partial charge in [-0.05, 0) is 6.92 Å². The number of ketones is 1. The number of carbonyl (C=O) groups excluding carboxylic acids is 1. The number of aromatic nitrogens is 1. The molecule has 1 aliphatic carbocycles. The summed E-state index contributed by atoms with van der Waals surface area (Å²) in [5, 5.41) is 12.7. The number of carboxylic acid groups (broad SMARTS) is 1. The normalized spacial score (nSPS) is 19.1. The molecule has 74 valence electrons. The molecule has 2 rings (SSSR count). The maximum atomic E-state index is 11.0. The fourth-order valence-electron chi connectivity index (χ4n) is 1.66. The molecule has 0 radical (unpaired) electrons. The highest BCUT2D eigenvalue weighted by molar-refractivity contribution is 6.01. The van der Waals surface area contributed by atoms with Crippen molar-refractivity contribution >= 4 is 11.8 Å². The van der Waals surface area contributed by atoms with Crippen molar-refractivity contribution in [2.75, 3.05) is 0 Å². The minimum absolute atomic E-state index is 0.0221. The summed E-state index contributed by atoms with van der Waals surface area (Å²) in [5.41, 5.74) is -0.781. The van der Waals surface area contributed by atoms with E-state index in [0.717, 1.165) is 0 Å². The number of carbonyl (C=O) groups is 2. The lowest BCUT2D eigenvalue weighted by Gasteiger charge is -2.33. The van der Waals surface area contributed by atoms with Gasteiger partial charge in [0.15, 0.2) is 0 Å². The fraction of sp³-hybridized carbons (Fsp3) is 0.444. The van der Waals surface area contributed by atoms with E-state index in [1.165, 1.54) is 0 Å². The average Bonchev–Trinajstić information content (AvgIpc) is 2.45. The third-order valence-corrected chi connectivity index (χ3v) is 2.53. The second-order valence-corrected chi connectivity index (χ2v) is 3.60. The standard InChI is InChI=1S/C9H9NO4/c1-5-2-7(10-14-5)9(8(12)13)3-6(11)4-9/h2H,3-4H2,1H3,(H,12,13). The molecule has 0 saturated heterocycles. The van der Waals surface area contributed by atoms with E-state index in [0.29, 0.717) is 11.5 Å². The van der Waals surface area contributed by atoms with Gasteiger partial charge in [0.2, 0.25) is 0 Å². The number of rotatable bonds is 2. The van der Waals surface area contributed by atoms with E-state index < -0.39 is 11.4 Å². The smallest absolute Gasteiger partial charge is 0.316 e. The molecule has 14 heavy (non-hydrogen) atoms. The van der Waals surface area contributed by atoms with Gasteiger partial charge in [0.25, 0.3) is 0 Å². The van der Waals surface area contributed by atoms with Gasteiger partial charge in [0.05, 0.1) is 0 Å². The fourth-order valence-corrected chi connectivity index (χ4v) is 1.66. The Morgan fingerprint density at radius 1 is 1.64 bits per heavy atom. The largest absolute Gasteiger partial charge is 0.481 e. The number of Topliss-reactive ketones (excluding diaryl/α,β-unsaturated/α-hetero) is 1. The lowest BCUT2D eigenvalue weighted by molar-refractivity contribution is -0.153. The molecular formula is C9H9NO4. The van der Waals surface area contributed by atoms with Crippen LogP contribution in [0.1, 0.15) is 24.3 Å². The summed E-state index contributed by atoms with van der Waals surface area (Å²) in [4.78, 5) is 21.9. The van der Waals surface area contributed by atoms with E-state index in [1.54, 1.807) is 13.0 Å². The predicted octanol–water partition coefficient (Wildman–Crippen LogP) is 0.668. The van der Waals surface area contributed by atoms with E-state index >= 15 is 0 Å². The maximum Gasteiger partial charge on any atom is 0.316 e. The second kappa shape index (κ2) is 2.67. The molecule has 0 aliphatic heterocycles. The van der Waals surface area contributed by atoms with Crippen LogP contribution in [0.2, 0.25) is 0 Å². The molecule has 1 aromatic heterocycles. The lowest BCUT2D eigenvalue weighted by atomic mass is 9.66. The zero-order valence-corrected chi connectivity index (χ0v) is 7.61.